The van der Waals surface area contributed by atoms with E-state index in [2.05, 4.69) is 5.32 Å². The first-order valence-electron chi connectivity index (χ1n) is 5.51. The van der Waals surface area contributed by atoms with Crippen molar-refractivity contribution in [2.45, 2.75) is 19.9 Å². The molecular weight excluding hydrogens is 234 g/mol. The molecule has 0 aliphatic carbocycles. The van der Waals surface area contributed by atoms with Crippen molar-refractivity contribution in [2.75, 3.05) is 11.1 Å². The Morgan fingerprint density at radius 3 is 2.33 bits per heavy atom. The number of primary amides is 1. The van der Waals surface area contributed by atoms with Crippen LogP contribution in [0.2, 0.25) is 0 Å². The summed E-state index contributed by atoms with van der Waals surface area (Å²) in [7, 11) is 0. The Morgan fingerprint density at radius 1 is 1.33 bits per heavy atom. The highest BCUT2D eigenvalue weighted by molar-refractivity contribution is 5.91. The van der Waals surface area contributed by atoms with Crippen LogP contribution in [0.4, 0.5) is 11.4 Å². The van der Waals surface area contributed by atoms with E-state index in [1.54, 1.807) is 0 Å². The summed E-state index contributed by atoms with van der Waals surface area (Å²) < 4.78 is 0. The van der Waals surface area contributed by atoms with E-state index in [9.17, 15) is 9.59 Å². The van der Waals surface area contributed by atoms with Crippen LogP contribution in [0, 0.1) is 5.92 Å². The van der Waals surface area contributed by atoms with Crippen LogP contribution in [0.5, 0.6) is 0 Å². The van der Waals surface area contributed by atoms with Gasteiger partial charge >= 0.3 is 5.97 Å². The average molecular weight is 251 g/mol. The Morgan fingerprint density at radius 2 is 1.94 bits per heavy atom. The Bertz CT molecular complexity index is 472. The van der Waals surface area contributed by atoms with E-state index < -0.39 is 17.9 Å². The summed E-state index contributed by atoms with van der Waals surface area (Å²) >= 11 is 0. The fourth-order valence-electron chi connectivity index (χ4n) is 1.56. The fraction of sp³-hybridized carbons (Fsp3) is 0.333. The number of anilines is 2. The van der Waals surface area contributed by atoms with Gasteiger partial charge in [-0.2, -0.15) is 0 Å². The second-order valence-electron chi connectivity index (χ2n) is 4.38. The van der Waals surface area contributed by atoms with Gasteiger partial charge in [-0.15, -0.1) is 0 Å². The number of amides is 1. The molecule has 1 amide bonds. The van der Waals surface area contributed by atoms with Crippen LogP contribution >= 0.6 is 0 Å². The third-order valence-electron chi connectivity index (χ3n) is 2.58. The number of carboxylic acid groups (broad SMARTS) is 1. The SMILES string of the molecule is CC(C)C(Nc1ccc(C(=O)O)cc1N)C(N)=O. The third-order valence-corrected chi connectivity index (χ3v) is 2.58. The van der Waals surface area contributed by atoms with E-state index in [1.165, 1.54) is 18.2 Å². The molecule has 0 spiro atoms. The Balaban J connectivity index is 2.97. The minimum absolute atomic E-state index is 0.000972. The van der Waals surface area contributed by atoms with Gasteiger partial charge in [-0.25, -0.2) is 4.79 Å². The van der Waals surface area contributed by atoms with Crippen LogP contribution in [0.3, 0.4) is 0 Å². The van der Waals surface area contributed by atoms with Gasteiger partial charge in [0.1, 0.15) is 6.04 Å². The number of aromatic carboxylic acids is 1. The molecule has 1 atom stereocenters. The first kappa shape index (κ1) is 13.8. The summed E-state index contributed by atoms with van der Waals surface area (Å²) in [5.41, 5.74) is 11.9. The van der Waals surface area contributed by atoms with Crippen molar-refractivity contribution in [1.29, 1.82) is 0 Å². The molecule has 0 heterocycles. The second kappa shape index (κ2) is 5.39. The van der Waals surface area contributed by atoms with Crippen LogP contribution in [0.15, 0.2) is 18.2 Å². The standard InChI is InChI=1S/C12H17N3O3/c1-6(2)10(11(14)16)15-9-4-3-7(12(17)18)5-8(9)13/h3-6,10,15H,13H2,1-2H3,(H2,14,16)(H,17,18). The number of carbonyl (C=O) groups is 2. The van der Waals surface area contributed by atoms with E-state index in [0.717, 1.165) is 0 Å². The lowest BCUT2D eigenvalue weighted by Crippen LogP contribution is -2.39. The normalized spacial score (nSPS) is 12.2. The molecule has 6 heteroatoms. The number of benzene rings is 1. The van der Waals surface area contributed by atoms with Crippen molar-refractivity contribution in [3.63, 3.8) is 0 Å². The first-order valence-corrected chi connectivity index (χ1v) is 5.51. The van der Waals surface area contributed by atoms with E-state index >= 15 is 0 Å². The second-order valence-corrected chi connectivity index (χ2v) is 4.38. The smallest absolute Gasteiger partial charge is 0.335 e. The molecule has 0 fully saturated rings. The topological polar surface area (TPSA) is 118 Å². The fourth-order valence-corrected chi connectivity index (χ4v) is 1.56. The molecular formula is C12H17N3O3. The van der Waals surface area contributed by atoms with Crippen molar-refractivity contribution in [3.05, 3.63) is 23.8 Å². The van der Waals surface area contributed by atoms with Crippen molar-refractivity contribution in [2.24, 2.45) is 11.7 Å². The van der Waals surface area contributed by atoms with Gasteiger partial charge in [-0.1, -0.05) is 13.8 Å². The van der Waals surface area contributed by atoms with Crippen LogP contribution in [-0.4, -0.2) is 23.0 Å². The lowest BCUT2D eigenvalue weighted by Gasteiger charge is -2.21. The van der Waals surface area contributed by atoms with Gasteiger partial charge in [-0.3, -0.25) is 4.79 Å². The molecule has 0 saturated carbocycles. The molecule has 6 nitrogen and oxygen atoms in total. The highest BCUT2D eigenvalue weighted by atomic mass is 16.4. The highest BCUT2D eigenvalue weighted by Gasteiger charge is 2.20. The Labute approximate surface area is 105 Å². The van der Waals surface area contributed by atoms with Crippen LogP contribution < -0.4 is 16.8 Å². The summed E-state index contributed by atoms with van der Waals surface area (Å²) in [6.45, 7) is 3.70. The summed E-state index contributed by atoms with van der Waals surface area (Å²) in [6, 6.07) is 3.72. The zero-order valence-corrected chi connectivity index (χ0v) is 10.3. The molecule has 1 aromatic rings. The van der Waals surface area contributed by atoms with Crippen LogP contribution in [0.25, 0.3) is 0 Å². The molecule has 1 unspecified atom stereocenters. The summed E-state index contributed by atoms with van der Waals surface area (Å²) in [5.74, 6) is -1.53. The number of carboxylic acids is 1. The van der Waals surface area contributed by atoms with Gasteiger partial charge in [0, 0.05) is 0 Å². The number of hydrogen-bond donors (Lipinski definition) is 4. The maximum atomic E-state index is 11.3. The summed E-state index contributed by atoms with van der Waals surface area (Å²) in [4.78, 5) is 22.0. The molecule has 18 heavy (non-hydrogen) atoms. The van der Waals surface area contributed by atoms with E-state index in [4.69, 9.17) is 16.6 Å². The third kappa shape index (κ3) is 3.13. The van der Waals surface area contributed by atoms with E-state index in [1.807, 2.05) is 13.8 Å². The van der Waals surface area contributed by atoms with Crippen LogP contribution in [0.1, 0.15) is 24.2 Å². The number of nitrogens with one attached hydrogen (secondary N) is 1. The molecule has 1 rings (SSSR count). The highest BCUT2D eigenvalue weighted by Crippen LogP contribution is 2.22. The molecule has 0 radical (unpaired) electrons. The maximum Gasteiger partial charge on any atom is 0.335 e. The first-order chi connectivity index (χ1) is 8.32. The van der Waals surface area contributed by atoms with Gasteiger partial charge in [0.05, 0.1) is 16.9 Å². The van der Waals surface area contributed by atoms with Crippen LogP contribution in [-0.2, 0) is 4.79 Å². The van der Waals surface area contributed by atoms with Gasteiger partial charge in [0.2, 0.25) is 5.91 Å². The molecule has 98 valence electrons. The van der Waals surface area contributed by atoms with Gasteiger partial charge in [0.15, 0.2) is 0 Å². The predicted octanol–water partition coefficient (Wildman–Crippen LogP) is 0.889. The quantitative estimate of drug-likeness (QED) is 0.579. The van der Waals surface area contributed by atoms with E-state index in [0.29, 0.717) is 5.69 Å². The zero-order valence-electron chi connectivity index (χ0n) is 10.3. The van der Waals surface area contributed by atoms with Crippen molar-refractivity contribution in [3.8, 4) is 0 Å². The molecule has 0 saturated heterocycles. The number of hydrogen-bond acceptors (Lipinski definition) is 4. The Kier molecular flexibility index (Phi) is 4.14. The average Bonchev–Trinajstić information content (AvgIpc) is 2.25. The molecule has 6 N–H and O–H groups in total. The number of nitrogen functional groups attached to an aromatic ring is 1. The zero-order chi connectivity index (χ0) is 13.9. The van der Waals surface area contributed by atoms with Gasteiger partial charge in [0.25, 0.3) is 0 Å². The number of carbonyl (C=O) groups excluding carboxylic acids is 1. The minimum atomic E-state index is -1.05. The predicted molar refractivity (Wildman–Crippen MR) is 69.3 cm³/mol. The molecule has 1 aromatic carbocycles. The molecule has 0 aromatic heterocycles. The lowest BCUT2D eigenvalue weighted by atomic mass is 10.0. The molecule has 0 bridgehead atoms. The minimum Gasteiger partial charge on any atom is -0.478 e. The largest absolute Gasteiger partial charge is 0.478 e. The van der Waals surface area contributed by atoms with Crippen molar-refractivity contribution >= 4 is 23.3 Å². The number of rotatable bonds is 5. The maximum absolute atomic E-state index is 11.3. The molecule has 0 aliphatic rings. The number of nitrogens with two attached hydrogens (primary N) is 2. The van der Waals surface area contributed by atoms with Crippen molar-refractivity contribution < 1.29 is 14.7 Å². The molecule has 0 aliphatic heterocycles. The van der Waals surface area contributed by atoms with Gasteiger partial charge in [-0.05, 0) is 24.1 Å². The van der Waals surface area contributed by atoms with Gasteiger partial charge < -0.3 is 21.9 Å². The lowest BCUT2D eigenvalue weighted by molar-refractivity contribution is -0.119. The van der Waals surface area contributed by atoms with Crippen molar-refractivity contribution in [1.82, 2.24) is 0 Å². The van der Waals surface area contributed by atoms with E-state index in [-0.39, 0.29) is 17.2 Å². The summed E-state index contributed by atoms with van der Waals surface area (Å²) in [6.07, 6.45) is 0. The monoisotopic (exact) mass is 251 g/mol. The Hall–Kier alpha value is -2.24. The summed E-state index contributed by atoms with van der Waals surface area (Å²) in [5, 5.41) is 11.7.